The zero-order valence-corrected chi connectivity index (χ0v) is 18.3. The Balaban J connectivity index is 1.73. The Hall–Kier alpha value is -1.26. The lowest BCUT2D eigenvalue weighted by atomic mass is 9.69. The van der Waals surface area contributed by atoms with Crippen molar-refractivity contribution >= 4 is 12.0 Å². The van der Waals surface area contributed by atoms with E-state index < -0.39 is 5.60 Å². The standard InChI is InChI=1S/C22H40N2O3/c1-7-22(5,6)17-8-10-18(11-9-17)23-19(25)16-12-14-24(15-13-16)20(26)27-21(2,3)4/h16-18H,7-15H2,1-6H3,(H,23,25). The van der Waals surface area contributed by atoms with Crippen LogP contribution < -0.4 is 5.32 Å². The quantitative estimate of drug-likeness (QED) is 0.766. The van der Waals surface area contributed by atoms with Gasteiger partial charge in [0.1, 0.15) is 5.60 Å². The molecule has 0 unspecified atom stereocenters. The highest BCUT2D eigenvalue weighted by atomic mass is 16.6. The molecule has 0 aromatic heterocycles. The van der Waals surface area contributed by atoms with Crippen LogP contribution in [0, 0.1) is 17.3 Å². The first-order chi connectivity index (χ1) is 12.5. The Labute approximate surface area is 165 Å². The Morgan fingerprint density at radius 1 is 0.963 bits per heavy atom. The van der Waals surface area contributed by atoms with Crippen LogP contribution in [0.5, 0.6) is 0 Å². The van der Waals surface area contributed by atoms with Gasteiger partial charge in [-0.1, -0.05) is 27.2 Å². The maximum Gasteiger partial charge on any atom is 0.410 e. The summed E-state index contributed by atoms with van der Waals surface area (Å²) < 4.78 is 5.43. The van der Waals surface area contributed by atoms with Crippen molar-refractivity contribution in [3.8, 4) is 0 Å². The number of nitrogens with zero attached hydrogens (tertiary/aromatic N) is 1. The van der Waals surface area contributed by atoms with Crippen molar-refractivity contribution in [1.82, 2.24) is 10.2 Å². The monoisotopic (exact) mass is 380 g/mol. The second-order valence-corrected chi connectivity index (χ2v) is 10.1. The maximum absolute atomic E-state index is 12.7. The molecule has 156 valence electrons. The number of rotatable bonds is 4. The summed E-state index contributed by atoms with van der Waals surface area (Å²) in [5.74, 6) is 0.971. The normalized spacial score (nSPS) is 25.2. The van der Waals surface area contributed by atoms with Crippen molar-refractivity contribution < 1.29 is 14.3 Å². The summed E-state index contributed by atoms with van der Waals surface area (Å²) in [6.45, 7) is 13.8. The van der Waals surface area contributed by atoms with Crippen LogP contribution >= 0.6 is 0 Å². The first kappa shape index (κ1) is 22.0. The van der Waals surface area contributed by atoms with E-state index in [4.69, 9.17) is 4.74 Å². The molecule has 0 aromatic rings. The molecular weight excluding hydrogens is 340 g/mol. The lowest BCUT2D eigenvalue weighted by Crippen LogP contribution is -2.47. The molecule has 0 radical (unpaired) electrons. The third kappa shape index (κ3) is 6.39. The van der Waals surface area contributed by atoms with Crippen LogP contribution in [0.4, 0.5) is 4.79 Å². The van der Waals surface area contributed by atoms with E-state index in [9.17, 15) is 9.59 Å². The van der Waals surface area contributed by atoms with Crippen LogP contribution in [0.3, 0.4) is 0 Å². The number of likely N-dealkylation sites (tertiary alicyclic amines) is 1. The fraction of sp³-hybridized carbons (Fsp3) is 0.909. The molecule has 2 rings (SSSR count). The Morgan fingerprint density at radius 3 is 2.00 bits per heavy atom. The molecule has 1 N–H and O–H groups in total. The van der Waals surface area contributed by atoms with Gasteiger partial charge in [-0.15, -0.1) is 0 Å². The molecule has 27 heavy (non-hydrogen) atoms. The zero-order valence-electron chi connectivity index (χ0n) is 18.3. The number of hydrogen-bond donors (Lipinski definition) is 1. The highest BCUT2D eigenvalue weighted by Gasteiger charge is 2.34. The Bertz CT molecular complexity index is 508. The Kier molecular flexibility index (Phi) is 7.20. The van der Waals surface area contributed by atoms with Gasteiger partial charge < -0.3 is 15.0 Å². The van der Waals surface area contributed by atoms with E-state index in [2.05, 4.69) is 26.1 Å². The highest BCUT2D eigenvalue weighted by molar-refractivity contribution is 5.79. The van der Waals surface area contributed by atoms with E-state index in [0.717, 1.165) is 31.6 Å². The summed E-state index contributed by atoms with van der Waals surface area (Å²) in [4.78, 5) is 26.5. The van der Waals surface area contributed by atoms with Gasteiger partial charge in [-0.25, -0.2) is 4.79 Å². The van der Waals surface area contributed by atoms with Crippen LogP contribution in [0.1, 0.15) is 86.5 Å². The zero-order chi connectivity index (χ0) is 20.2. The third-order valence-electron chi connectivity index (χ3n) is 6.61. The minimum atomic E-state index is -0.476. The summed E-state index contributed by atoms with van der Waals surface area (Å²) in [6, 6.07) is 0.324. The topological polar surface area (TPSA) is 58.6 Å². The van der Waals surface area contributed by atoms with Gasteiger partial charge >= 0.3 is 6.09 Å². The SMILES string of the molecule is CCC(C)(C)C1CCC(NC(=O)C2CCN(C(=O)OC(C)(C)C)CC2)CC1. The van der Waals surface area contributed by atoms with Crippen molar-refractivity contribution in [3.63, 3.8) is 0 Å². The van der Waals surface area contributed by atoms with Crippen molar-refractivity contribution in [1.29, 1.82) is 0 Å². The van der Waals surface area contributed by atoms with E-state index in [1.165, 1.54) is 19.3 Å². The molecule has 0 spiro atoms. The number of nitrogens with one attached hydrogen (secondary N) is 1. The average molecular weight is 381 g/mol. The van der Waals surface area contributed by atoms with Crippen molar-refractivity contribution in [2.45, 2.75) is 98.1 Å². The van der Waals surface area contributed by atoms with Crippen LogP contribution in [0.15, 0.2) is 0 Å². The molecule has 0 bridgehead atoms. The molecule has 5 nitrogen and oxygen atoms in total. The number of carbonyl (C=O) groups excluding carboxylic acids is 2. The number of carbonyl (C=O) groups is 2. The molecule has 1 saturated carbocycles. The minimum absolute atomic E-state index is 0.0218. The molecule has 1 heterocycles. The lowest BCUT2D eigenvalue weighted by molar-refractivity contribution is -0.127. The van der Waals surface area contributed by atoms with Gasteiger partial charge in [0.25, 0.3) is 0 Å². The largest absolute Gasteiger partial charge is 0.444 e. The van der Waals surface area contributed by atoms with Crippen molar-refractivity contribution in [3.05, 3.63) is 0 Å². The Morgan fingerprint density at radius 2 is 1.52 bits per heavy atom. The molecule has 0 atom stereocenters. The van der Waals surface area contributed by atoms with Crippen LogP contribution in [-0.2, 0) is 9.53 Å². The van der Waals surface area contributed by atoms with Gasteiger partial charge in [-0.05, 0) is 70.6 Å². The second-order valence-electron chi connectivity index (χ2n) is 10.1. The van der Waals surface area contributed by atoms with E-state index in [1.807, 2.05) is 20.8 Å². The van der Waals surface area contributed by atoms with Crippen molar-refractivity contribution in [2.75, 3.05) is 13.1 Å². The molecule has 1 saturated heterocycles. The molecule has 2 fully saturated rings. The molecule has 1 aliphatic heterocycles. The molecule has 2 amide bonds. The molecule has 1 aliphatic carbocycles. The lowest BCUT2D eigenvalue weighted by Gasteiger charge is -2.39. The fourth-order valence-corrected chi connectivity index (χ4v) is 4.28. The average Bonchev–Trinajstić information content (AvgIpc) is 2.61. The molecule has 0 aromatic carbocycles. The van der Waals surface area contributed by atoms with Crippen molar-refractivity contribution in [2.24, 2.45) is 17.3 Å². The first-order valence-electron chi connectivity index (χ1n) is 10.8. The van der Waals surface area contributed by atoms with E-state index >= 15 is 0 Å². The van der Waals surface area contributed by atoms with Gasteiger partial charge in [-0.3, -0.25) is 4.79 Å². The second kappa shape index (κ2) is 8.83. The number of piperidine rings is 1. The van der Waals surface area contributed by atoms with E-state index in [1.54, 1.807) is 4.90 Å². The molecule has 5 heteroatoms. The first-order valence-corrected chi connectivity index (χ1v) is 10.8. The van der Waals surface area contributed by atoms with Crippen LogP contribution in [0.25, 0.3) is 0 Å². The number of ether oxygens (including phenoxy) is 1. The predicted molar refractivity (Wildman–Crippen MR) is 108 cm³/mol. The summed E-state index contributed by atoms with van der Waals surface area (Å²) >= 11 is 0. The van der Waals surface area contributed by atoms with Crippen LogP contribution in [-0.4, -0.2) is 41.6 Å². The van der Waals surface area contributed by atoms with E-state index in [0.29, 0.717) is 24.5 Å². The van der Waals surface area contributed by atoms with Gasteiger partial charge in [-0.2, -0.15) is 0 Å². The molecule has 2 aliphatic rings. The van der Waals surface area contributed by atoms with Gasteiger partial charge in [0.15, 0.2) is 0 Å². The third-order valence-corrected chi connectivity index (χ3v) is 6.61. The molecular formula is C22H40N2O3. The van der Waals surface area contributed by atoms with Gasteiger partial charge in [0, 0.05) is 25.0 Å². The minimum Gasteiger partial charge on any atom is -0.444 e. The summed E-state index contributed by atoms with van der Waals surface area (Å²) in [5.41, 5.74) is -0.0695. The van der Waals surface area contributed by atoms with E-state index in [-0.39, 0.29) is 17.9 Å². The fourth-order valence-electron chi connectivity index (χ4n) is 4.28. The smallest absolute Gasteiger partial charge is 0.410 e. The summed E-state index contributed by atoms with van der Waals surface area (Å²) in [5, 5.41) is 3.29. The van der Waals surface area contributed by atoms with Gasteiger partial charge in [0.05, 0.1) is 0 Å². The predicted octanol–water partition coefficient (Wildman–Crippen LogP) is 4.74. The highest BCUT2D eigenvalue weighted by Crippen LogP contribution is 2.40. The number of hydrogen-bond acceptors (Lipinski definition) is 3. The van der Waals surface area contributed by atoms with Crippen LogP contribution in [0.2, 0.25) is 0 Å². The summed E-state index contributed by atoms with van der Waals surface area (Å²) in [6.07, 6.45) is 7.01. The van der Waals surface area contributed by atoms with Gasteiger partial charge in [0.2, 0.25) is 5.91 Å². The summed E-state index contributed by atoms with van der Waals surface area (Å²) in [7, 11) is 0. The number of amides is 2. The maximum atomic E-state index is 12.7.